The van der Waals surface area contributed by atoms with E-state index < -0.39 is 12.2 Å². The van der Waals surface area contributed by atoms with E-state index in [0.717, 1.165) is 6.07 Å². The number of nitrogens with zero attached hydrogens (tertiary/aromatic N) is 2. The molecule has 0 fully saturated rings. The lowest BCUT2D eigenvalue weighted by Crippen LogP contribution is -2.18. The molecule has 1 aromatic heterocycles. The van der Waals surface area contributed by atoms with Crippen LogP contribution in [0, 0.1) is 11.3 Å². The summed E-state index contributed by atoms with van der Waals surface area (Å²) in [7, 11) is 0. The topological polar surface area (TPSA) is 92.2 Å². The first-order valence-corrected chi connectivity index (χ1v) is 4.42. The smallest absolute Gasteiger partial charge is 0.506 e. The molecule has 0 aliphatic heterocycles. The van der Waals surface area contributed by atoms with E-state index in [4.69, 9.17) is 11.0 Å². The zero-order chi connectivity index (χ0) is 13.1. The Morgan fingerprint density at radius 2 is 2.18 bits per heavy atom. The van der Waals surface area contributed by atoms with Crippen LogP contribution in [-0.4, -0.2) is 16.5 Å². The number of aromatic nitrogens is 1. The number of ether oxygens (including phenoxy) is 1. The first-order chi connectivity index (χ1) is 7.87. The lowest BCUT2D eigenvalue weighted by molar-refractivity contribution is -0.276. The molecule has 0 aliphatic rings. The summed E-state index contributed by atoms with van der Waals surface area (Å²) >= 11 is 0. The third-order valence-electron chi connectivity index (χ3n) is 1.81. The fourth-order valence-corrected chi connectivity index (χ4v) is 1.15. The number of pyridine rings is 1. The fourth-order valence-electron chi connectivity index (χ4n) is 1.15. The van der Waals surface area contributed by atoms with Gasteiger partial charge in [-0.15, -0.1) is 13.2 Å². The molecule has 0 atom stereocenters. The van der Waals surface area contributed by atoms with E-state index in [9.17, 15) is 18.3 Å². The van der Waals surface area contributed by atoms with Crippen LogP contribution in [0.15, 0.2) is 6.07 Å². The Kier molecular flexibility index (Phi) is 3.75. The van der Waals surface area contributed by atoms with Crippen LogP contribution >= 0.6 is 0 Å². The maximum Gasteiger partial charge on any atom is 0.574 e. The monoisotopic (exact) mass is 247 g/mol. The van der Waals surface area contributed by atoms with Crippen LogP contribution in [0.1, 0.15) is 11.3 Å². The van der Waals surface area contributed by atoms with E-state index >= 15 is 0 Å². The molecule has 3 N–H and O–H groups in total. The van der Waals surface area contributed by atoms with Gasteiger partial charge in [0.05, 0.1) is 12.5 Å². The molecule has 0 spiro atoms. The van der Waals surface area contributed by atoms with Crippen LogP contribution in [0.5, 0.6) is 11.6 Å². The van der Waals surface area contributed by atoms with Crippen LogP contribution in [0.25, 0.3) is 0 Å². The Morgan fingerprint density at radius 1 is 1.53 bits per heavy atom. The van der Waals surface area contributed by atoms with Crippen molar-refractivity contribution in [1.82, 2.24) is 4.98 Å². The summed E-state index contributed by atoms with van der Waals surface area (Å²) in [5, 5.41) is 17.9. The molecule has 0 saturated carbocycles. The van der Waals surface area contributed by atoms with Crippen molar-refractivity contribution in [2.24, 2.45) is 5.73 Å². The van der Waals surface area contributed by atoms with Gasteiger partial charge in [-0.25, -0.2) is 4.98 Å². The molecule has 1 heterocycles. The second-order valence-corrected chi connectivity index (χ2v) is 3.00. The quantitative estimate of drug-likeness (QED) is 0.837. The van der Waals surface area contributed by atoms with Crippen LogP contribution in [0.3, 0.4) is 0 Å². The molecule has 0 aliphatic carbocycles. The third kappa shape index (κ3) is 3.49. The van der Waals surface area contributed by atoms with E-state index in [-0.39, 0.29) is 30.0 Å². The molecule has 1 aromatic rings. The molecule has 0 unspecified atom stereocenters. The Morgan fingerprint density at radius 3 is 2.65 bits per heavy atom. The fraction of sp³-hybridized carbons (Fsp3) is 0.333. The van der Waals surface area contributed by atoms with Crippen LogP contribution in [0.4, 0.5) is 13.2 Å². The van der Waals surface area contributed by atoms with E-state index in [0.29, 0.717) is 0 Å². The average molecular weight is 247 g/mol. The zero-order valence-electron chi connectivity index (χ0n) is 8.45. The normalized spacial score (nSPS) is 11.0. The molecule has 0 radical (unpaired) electrons. The van der Waals surface area contributed by atoms with Gasteiger partial charge in [0.2, 0.25) is 5.88 Å². The Balaban J connectivity index is 3.16. The number of nitrogens with two attached hydrogens (primary N) is 1. The zero-order valence-corrected chi connectivity index (χ0v) is 8.45. The van der Waals surface area contributed by atoms with Crippen molar-refractivity contribution in [2.45, 2.75) is 19.3 Å². The number of rotatable bonds is 3. The number of aromatic hydroxyl groups is 1. The third-order valence-corrected chi connectivity index (χ3v) is 1.81. The number of alkyl halides is 3. The molecule has 8 heteroatoms. The highest BCUT2D eigenvalue weighted by atomic mass is 19.4. The molecule has 92 valence electrons. The Hall–Kier alpha value is -2.01. The lowest BCUT2D eigenvalue weighted by atomic mass is 10.1. The molecule has 1 rings (SSSR count). The van der Waals surface area contributed by atoms with E-state index in [1.165, 1.54) is 0 Å². The summed E-state index contributed by atoms with van der Waals surface area (Å²) < 4.78 is 39.5. The van der Waals surface area contributed by atoms with Crippen LogP contribution in [-0.2, 0) is 13.0 Å². The van der Waals surface area contributed by atoms with Crippen molar-refractivity contribution >= 4 is 0 Å². The van der Waals surface area contributed by atoms with Crippen molar-refractivity contribution in [3.63, 3.8) is 0 Å². The predicted molar refractivity (Wildman–Crippen MR) is 49.8 cm³/mol. The number of hydrogen-bond donors (Lipinski definition) is 2. The molecule has 0 aromatic carbocycles. The molecule has 17 heavy (non-hydrogen) atoms. The highest BCUT2D eigenvalue weighted by molar-refractivity contribution is 5.40. The van der Waals surface area contributed by atoms with Crippen LogP contribution in [0.2, 0.25) is 0 Å². The minimum atomic E-state index is -4.89. The molecule has 5 nitrogen and oxygen atoms in total. The van der Waals surface area contributed by atoms with Crippen molar-refractivity contribution < 1.29 is 23.0 Å². The number of halogens is 3. The molecule has 0 saturated heterocycles. The molecular weight excluding hydrogens is 239 g/mol. The summed E-state index contributed by atoms with van der Waals surface area (Å²) in [6.07, 6.45) is -5.23. The van der Waals surface area contributed by atoms with E-state index in [1.807, 2.05) is 0 Å². The highest BCUT2D eigenvalue weighted by Crippen LogP contribution is 2.28. The SMILES string of the molecule is N#CCc1nc(OC(F)(F)F)cc(CN)c1O. The van der Waals surface area contributed by atoms with Gasteiger partial charge in [-0.05, 0) is 0 Å². The summed E-state index contributed by atoms with van der Waals surface area (Å²) in [5.74, 6) is -1.13. The summed E-state index contributed by atoms with van der Waals surface area (Å²) in [4.78, 5) is 3.39. The van der Waals surface area contributed by atoms with E-state index in [2.05, 4.69) is 9.72 Å². The largest absolute Gasteiger partial charge is 0.574 e. The summed E-state index contributed by atoms with van der Waals surface area (Å²) in [6, 6.07) is 2.54. The highest BCUT2D eigenvalue weighted by Gasteiger charge is 2.32. The van der Waals surface area contributed by atoms with Crippen molar-refractivity contribution in [3.05, 3.63) is 17.3 Å². The molecular formula is C9H8F3N3O2. The van der Waals surface area contributed by atoms with Gasteiger partial charge in [0.1, 0.15) is 11.4 Å². The Bertz CT molecular complexity index is 454. The van der Waals surface area contributed by atoms with Gasteiger partial charge in [0.25, 0.3) is 0 Å². The van der Waals surface area contributed by atoms with Gasteiger partial charge in [0.15, 0.2) is 0 Å². The first-order valence-electron chi connectivity index (χ1n) is 4.42. The van der Waals surface area contributed by atoms with E-state index in [1.54, 1.807) is 6.07 Å². The van der Waals surface area contributed by atoms with Crippen LogP contribution < -0.4 is 10.5 Å². The number of nitriles is 1. The van der Waals surface area contributed by atoms with Crippen molar-refractivity contribution in [2.75, 3.05) is 0 Å². The van der Waals surface area contributed by atoms with Gasteiger partial charge in [-0.3, -0.25) is 0 Å². The van der Waals surface area contributed by atoms with Crippen molar-refractivity contribution in [1.29, 1.82) is 5.26 Å². The van der Waals surface area contributed by atoms with Gasteiger partial charge in [0, 0.05) is 18.2 Å². The summed E-state index contributed by atoms with van der Waals surface area (Å²) in [5.41, 5.74) is 5.07. The maximum absolute atomic E-state index is 12.0. The summed E-state index contributed by atoms with van der Waals surface area (Å²) in [6.45, 7) is -0.193. The average Bonchev–Trinajstić information content (AvgIpc) is 2.20. The molecule has 0 amide bonds. The predicted octanol–water partition coefficient (Wildman–Crippen LogP) is 1.21. The van der Waals surface area contributed by atoms with Crippen molar-refractivity contribution in [3.8, 4) is 17.7 Å². The van der Waals surface area contributed by atoms with Gasteiger partial charge >= 0.3 is 6.36 Å². The lowest BCUT2D eigenvalue weighted by Gasteiger charge is -2.11. The van der Waals surface area contributed by atoms with Gasteiger partial charge < -0.3 is 15.6 Å². The van der Waals surface area contributed by atoms with Gasteiger partial charge in [-0.1, -0.05) is 0 Å². The first kappa shape index (κ1) is 13.1. The number of hydrogen-bond acceptors (Lipinski definition) is 5. The standard InChI is InChI=1S/C9H8F3N3O2/c10-9(11,12)17-7-3-5(4-14)8(16)6(15-7)1-2-13/h3,16H,1,4,14H2. The second kappa shape index (κ2) is 4.88. The Labute approximate surface area is 94.2 Å². The molecule has 0 bridgehead atoms. The second-order valence-electron chi connectivity index (χ2n) is 3.00. The van der Waals surface area contributed by atoms with Gasteiger partial charge in [-0.2, -0.15) is 5.26 Å². The minimum Gasteiger partial charge on any atom is -0.506 e. The minimum absolute atomic E-state index is 0.0319. The maximum atomic E-state index is 12.0.